The second-order valence-electron chi connectivity index (χ2n) is 7.26. The van der Waals surface area contributed by atoms with Gasteiger partial charge in [-0.3, -0.25) is 14.6 Å². The molecule has 2 amide bonds. The fourth-order valence-corrected chi connectivity index (χ4v) is 3.82. The summed E-state index contributed by atoms with van der Waals surface area (Å²) < 4.78 is 0. The van der Waals surface area contributed by atoms with Gasteiger partial charge in [0.25, 0.3) is 0 Å². The van der Waals surface area contributed by atoms with Crippen LogP contribution in [-0.4, -0.2) is 56.2 Å². The van der Waals surface area contributed by atoms with E-state index >= 15 is 0 Å². The van der Waals surface area contributed by atoms with Crippen LogP contribution in [0.4, 0.5) is 0 Å². The van der Waals surface area contributed by atoms with E-state index in [1.165, 1.54) is 0 Å². The second-order valence-corrected chi connectivity index (χ2v) is 7.26. The summed E-state index contributed by atoms with van der Waals surface area (Å²) in [5.41, 5.74) is 3.01. The first-order valence-electron chi connectivity index (χ1n) is 9.74. The van der Waals surface area contributed by atoms with Gasteiger partial charge in [0.1, 0.15) is 5.82 Å². The number of hydrogen-bond acceptors (Lipinski definition) is 4. The molecule has 0 saturated carbocycles. The Labute approximate surface area is 158 Å². The summed E-state index contributed by atoms with van der Waals surface area (Å²) in [6.45, 7) is 2.81. The van der Waals surface area contributed by atoms with E-state index in [1.807, 2.05) is 21.9 Å². The first-order chi connectivity index (χ1) is 13.2. The Morgan fingerprint density at radius 3 is 2.96 bits per heavy atom. The quantitative estimate of drug-likeness (QED) is 0.878. The highest BCUT2D eigenvalue weighted by molar-refractivity contribution is 5.78. The van der Waals surface area contributed by atoms with Crippen molar-refractivity contribution in [2.24, 2.45) is 0 Å². The van der Waals surface area contributed by atoms with Crippen LogP contribution in [0.1, 0.15) is 43.5 Å². The van der Waals surface area contributed by atoms with E-state index in [0.29, 0.717) is 32.5 Å². The number of pyridine rings is 1. The largest absolute Gasteiger partial charge is 0.343 e. The van der Waals surface area contributed by atoms with Gasteiger partial charge in [-0.05, 0) is 31.4 Å². The van der Waals surface area contributed by atoms with E-state index < -0.39 is 0 Å². The third-order valence-corrected chi connectivity index (χ3v) is 5.36. The zero-order chi connectivity index (χ0) is 18.6. The number of H-pyrrole nitrogens is 1. The molecule has 0 bridgehead atoms. The van der Waals surface area contributed by atoms with Gasteiger partial charge < -0.3 is 14.8 Å². The van der Waals surface area contributed by atoms with Crippen molar-refractivity contribution in [3.05, 3.63) is 35.9 Å². The Morgan fingerprint density at radius 2 is 2.15 bits per heavy atom. The van der Waals surface area contributed by atoms with Gasteiger partial charge in [-0.15, -0.1) is 0 Å². The first-order valence-corrected chi connectivity index (χ1v) is 9.74. The van der Waals surface area contributed by atoms with E-state index in [9.17, 15) is 9.59 Å². The molecule has 0 spiro atoms. The number of rotatable bonds is 5. The molecule has 1 N–H and O–H groups in total. The zero-order valence-corrected chi connectivity index (χ0v) is 15.5. The smallest absolute Gasteiger partial charge is 0.222 e. The van der Waals surface area contributed by atoms with Gasteiger partial charge in [0.05, 0.1) is 17.9 Å². The van der Waals surface area contributed by atoms with Crippen molar-refractivity contribution >= 4 is 11.8 Å². The number of imidazole rings is 1. The third kappa shape index (κ3) is 4.02. The number of fused-ring (bicyclic) bond motifs is 1. The highest BCUT2D eigenvalue weighted by Gasteiger charge is 2.24. The Bertz CT molecular complexity index is 817. The van der Waals surface area contributed by atoms with E-state index in [-0.39, 0.29) is 11.8 Å². The van der Waals surface area contributed by atoms with Gasteiger partial charge in [0.15, 0.2) is 0 Å². The van der Waals surface area contributed by atoms with Crippen molar-refractivity contribution in [3.8, 4) is 11.4 Å². The summed E-state index contributed by atoms with van der Waals surface area (Å²) in [4.78, 5) is 40.4. The van der Waals surface area contributed by atoms with Gasteiger partial charge in [-0.2, -0.15) is 0 Å². The van der Waals surface area contributed by atoms with Gasteiger partial charge in [-0.1, -0.05) is 0 Å². The fraction of sp³-hybridized carbons (Fsp3) is 0.500. The van der Waals surface area contributed by atoms with Crippen molar-refractivity contribution in [2.45, 2.75) is 45.1 Å². The van der Waals surface area contributed by atoms with E-state index in [0.717, 1.165) is 55.0 Å². The lowest BCUT2D eigenvalue weighted by molar-refractivity contribution is -0.135. The minimum atomic E-state index is 0.155. The molecule has 2 aromatic heterocycles. The maximum Gasteiger partial charge on any atom is 0.222 e. The average molecular weight is 367 g/mol. The predicted octanol–water partition coefficient (Wildman–Crippen LogP) is 2.15. The molecular formula is C20H25N5O2. The molecular weight excluding hydrogens is 342 g/mol. The number of carbonyl (C=O) groups is 2. The summed E-state index contributed by atoms with van der Waals surface area (Å²) >= 11 is 0. The molecule has 7 nitrogen and oxygen atoms in total. The lowest BCUT2D eigenvalue weighted by atomic mass is 10.1. The van der Waals surface area contributed by atoms with E-state index in [1.54, 1.807) is 12.4 Å². The Hall–Kier alpha value is -2.70. The number of piperidine rings is 1. The Balaban J connectivity index is 1.32. The van der Waals surface area contributed by atoms with Crippen LogP contribution in [0.3, 0.4) is 0 Å². The van der Waals surface area contributed by atoms with Gasteiger partial charge in [-0.25, -0.2) is 4.98 Å². The molecule has 2 aliphatic rings. The number of aromatic nitrogens is 3. The Morgan fingerprint density at radius 1 is 1.22 bits per heavy atom. The van der Waals surface area contributed by atoms with Gasteiger partial charge >= 0.3 is 0 Å². The van der Waals surface area contributed by atoms with Gasteiger partial charge in [0, 0.05) is 56.9 Å². The van der Waals surface area contributed by atoms with Crippen molar-refractivity contribution in [1.82, 2.24) is 24.8 Å². The third-order valence-electron chi connectivity index (χ3n) is 5.36. The first kappa shape index (κ1) is 17.7. The van der Waals surface area contributed by atoms with Crippen molar-refractivity contribution < 1.29 is 9.59 Å². The molecule has 2 aromatic rings. The molecule has 4 heterocycles. The van der Waals surface area contributed by atoms with Gasteiger partial charge in [0.2, 0.25) is 11.8 Å². The molecule has 27 heavy (non-hydrogen) atoms. The molecule has 1 saturated heterocycles. The zero-order valence-electron chi connectivity index (χ0n) is 15.5. The number of carbonyl (C=O) groups excluding carboxylic acids is 2. The molecule has 0 unspecified atom stereocenters. The fourth-order valence-electron chi connectivity index (χ4n) is 3.82. The topological polar surface area (TPSA) is 82.2 Å². The maximum absolute atomic E-state index is 12.6. The number of amides is 2. The van der Waals surface area contributed by atoms with E-state index in [2.05, 4.69) is 15.0 Å². The Kier molecular flexibility index (Phi) is 5.18. The molecule has 7 heteroatoms. The maximum atomic E-state index is 12.6. The minimum absolute atomic E-state index is 0.155. The molecule has 0 atom stereocenters. The number of hydrogen-bond donors (Lipinski definition) is 1. The van der Waals surface area contributed by atoms with Crippen molar-refractivity contribution in [2.75, 3.05) is 19.6 Å². The average Bonchev–Trinajstić information content (AvgIpc) is 3.13. The molecule has 2 aliphatic heterocycles. The van der Waals surface area contributed by atoms with Crippen LogP contribution in [0.2, 0.25) is 0 Å². The standard InChI is InChI=1S/C20H25N5O2/c26-18-6-1-2-10-24(18)11-4-7-19(27)25-12-8-16-17(14-25)23-20(22-16)15-5-3-9-21-13-15/h3,5,9,13H,1-2,4,6-8,10-12,14H2,(H,22,23). The van der Waals surface area contributed by atoms with Crippen molar-refractivity contribution in [1.29, 1.82) is 0 Å². The normalized spacial score (nSPS) is 17.1. The molecule has 142 valence electrons. The lowest BCUT2D eigenvalue weighted by Crippen LogP contribution is -2.38. The summed E-state index contributed by atoms with van der Waals surface area (Å²) in [5, 5.41) is 0. The van der Waals surface area contributed by atoms with Crippen LogP contribution in [0.15, 0.2) is 24.5 Å². The van der Waals surface area contributed by atoms with Crippen LogP contribution < -0.4 is 0 Å². The molecule has 0 radical (unpaired) electrons. The second kappa shape index (κ2) is 7.90. The minimum Gasteiger partial charge on any atom is -0.343 e. The molecule has 4 rings (SSSR count). The number of aromatic amines is 1. The van der Waals surface area contributed by atoms with Crippen LogP contribution in [-0.2, 0) is 22.6 Å². The summed E-state index contributed by atoms with van der Waals surface area (Å²) in [5.74, 6) is 1.20. The summed E-state index contributed by atoms with van der Waals surface area (Å²) in [7, 11) is 0. The summed E-state index contributed by atoms with van der Waals surface area (Å²) in [6.07, 6.45) is 8.24. The predicted molar refractivity (Wildman–Crippen MR) is 101 cm³/mol. The lowest BCUT2D eigenvalue weighted by Gasteiger charge is -2.28. The van der Waals surface area contributed by atoms with Crippen molar-refractivity contribution in [3.63, 3.8) is 0 Å². The summed E-state index contributed by atoms with van der Waals surface area (Å²) in [6, 6.07) is 3.86. The molecule has 0 aromatic carbocycles. The SMILES string of the molecule is O=C1CCCCN1CCCC(=O)N1CCc2nc(-c3cccnc3)[nH]c2C1. The molecule has 1 fully saturated rings. The van der Waals surface area contributed by atoms with Crippen LogP contribution in [0, 0.1) is 0 Å². The number of likely N-dealkylation sites (tertiary alicyclic amines) is 1. The van der Waals surface area contributed by atoms with Crippen LogP contribution >= 0.6 is 0 Å². The van der Waals surface area contributed by atoms with E-state index in [4.69, 9.17) is 0 Å². The van der Waals surface area contributed by atoms with Crippen LogP contribution in [0.25, 0.3) is 11.4 Å². The monoisotopic (exact) mass is 367 g/mol. The highest BCUT2D eigenvalue weighted by Crippen LogP contribution is 2.23. The number of nitrogens with one attached hydrogen (secondary N) is 1. The van der Waals surface area contributed by atoms with Crippen LogP contribution in [0.5, 0.6) is 0 Å². The number of nitrogens with zero attached hydrogens (tertiary/aromatic N) is 4. The highest BCUT2D eigenvalue weighted by atomic mass is 16.2. The molecule has 0 aliphatic carbocycles.